The largest absolute Gasteiger partial charge is 0.454 e. The Morgan fingerprint density at radius 2 is 2.12 bits per heavy atom. The molecule has 2 aliphatic rings. The molecule has 1 atom stereocenters. The molecule has 0 fully saturated rings. The van der Waals surface area contributed by atoms with Gasteiger partial charge in [0.1, 0.15) is 6.04 Å². The van der Waals surface area contributed by atoms with Crippen molar-refractivity contribution in [3.8, 4) is 11.5 Å². The summed E-state index contributed by atoms with van der Waals surface area (Å²) in [5.74, 6) is 1.07. The SMILES string of the molecule is O=C(NCc1ccc2c(c1)OCO2)[C@H]1C=CCN1C(=O)c1cccs1. The fourth-order valence-electron chi connectivity index (χ4n) is 2.85. The lowest BCUT2D eigenvalue weighted by Gasteiger charge is -2.23. The Kier molecular flexibility index (Phi) is 4.15. The number of amides is 2. The first-order valence-corrected chi connectivity index (χ1v) is 8.78. The van der Waals surface area contributed by atoms with Crippen molar-refractivity contribution in [1.29, 1.82) is 0 Å². The highest BCUT2D eigenvalue weighted by Crippen LogP contribution is 2.32. The van der Waals surface area contributed by atoms with Crippen LogP contribution in [-0.4, -0.2) is 36.1 Å². The molecule has 0 unspecified atom stereocenters. The van der Waals surface area contributed by atoms with E-state index in [0.29, 0.717) is 29.5 Å². The lowest BCUT2D eigenvalue weighted by atomic mass is 10.2. The van der Waals surface area contributed by atoms with Crippen LogP contribution in [0, 0.1) is 0 Å². The van der Waals surface area contributed by atoms with Crippen molar-refractivity contribution in [2.75, 3.05) is 13.3 Å². The van der Waals surface area contributed by atoms with Crippen LogP contribution in [0.2, 0.25) is 0 Å². The molecule has 0 aliphatic carbocycles. The van der Waals surface area contributed by atoms with Gasteiger partial charge in [-0.05, 0) is 29.1 Å². The Bertz CT molecular complexity index is 832. The maximum Gasteiger partial charge on any atom is 0.265 e. The van der Waals surface area contributed by atoms with E-state index in [2.05, 4.69) is 5.32 Å². The monoisotopic (exact) mass is 356 g/mol. The van der Waals surface area contributed by atoms with Crippen LogP contribution in [0.5, 0.6) is 11.5 Å². The molecule has 0 spiro atoms. The molecule has 0 saturated heterocycles. The first kappa shape index (κ1) is 15.7. The minimum Gasteiger partial charge on any atom is -0.454 e. The minimum atomic E-state index is -0.580. The number of nitrogens with zero attached hydrogens (tertiary/aromatic N) is 1. The van der Waals surface area contributed by atoms with E-state index in [1.54, 1.807) is 17.0 Å². The van der Waals surface area contributed by atoms with Crippen LogP contribution in [0.3, 0.4) is 0 Å². The zero-order valence-corrected chi connectivity index (χ0v) is 14.1. The van der Waals surface area contributed by atoms with Crippen LogP contribution in [0.15, 0.2) is 47.9 Å². The van der Waals surface area contributed by atoms with Crippen molar-refractivity contribution in [3.05, 3.63) is 58.3 Å². The molecule has 3 heterocycles. The van der Waals surface area contributed by atoms with Gasteiger partial charge in [0, 0.05) is 13.1 Å². The van der Waals surface area contributed by atoms with Gasteiger partial charge >= 0.3 is 0 Å². The summed E-state index contributed by atoms with van der Waals surface area (Å²) in [6.07, 6.45) is 3.61. The van der Waals surface area contributed by atoms with E-state index in [0.717, 1.165) is 5.56 Å². The number of hydrogen-bond acceptors (Lipinski definition) is 5. The fraction of sp³-hybridized carbons (Fsp3) is 0.222. The van der Waals surface area contributed by atoms with Gasteiger partial charge in [-0.25, -0.2) is 0 Å². The third-order valence-electron chi connectivity index (χ3n) is 4.12. The summed E-state index contributed by atoms with van der Waals surface area (Å²) in [6.45, 7) is 1.03. The number of ether oxygens (including phenoxy) is 2. The average molecular weight is 356 g/mol. The van der Waals surface area contributed by atoms with Crippen LogP contribution < -0.4 is 14.8 Å². The summed E-state index contributed by atoms with van der Waals surface area (Å²) in [7, 11) is 0. The molecular formula is C18H16N2O4S. The minimum absolute atomic E-state index is 0.122. The Labute approximate surface area is 148 Å². The normalized spacial score (nSPS) is 17.8. The molecule has 0 bridgehead atoms. The number of nitrogens with one attached hydrogen (secondary N) is 1. The summed E-state index contributed by atoms with van der Waals surface area (Å²) < 4.78 is 10.6. The molecule has 25 heavy (non-hydrogen) atoms. The molecule has 1 N–H and O–H groups in total. The van der Waals surface area contributed by atoms with Gasteiger partial charge in [0.15, 0.2) is 11.5 Å². The Hall–Kier alpha value is -2.80. The second kappa shape index (κ2) is 6.60. The molecule has 0 radical (unpaired) electrons. The highest BCUT2D eigenvalue weighted by atomic mass is 32.1. The third-order valence-corrected chi connectivity index (χ3v) is 4.98. The van der Waals surface area contributed by atoms with Crippen LogP contribution in [0.25, 0.3) is 0 Å². The molecular weight excluding hydrogens is 340 g/mol. The summed E-state index contributed by atoms with van der Waals surface area (Å²) >= 11 is 1.38. The Morgan fingerprint density at radius 1 is 1.24 bits per heavy atom. The highest BCUT2D eigenvalue weighted by Gasteiger charge is 2.31. The predicted octanol–water partition coefficient (Wildman–Crippen LogP) is 2.17. The first-order valence-electron chi connectivity index (χ1n) is 7.90. The maximum atomic E-state index is 12.5. The molecule has 4 rings (SSSR count). The van der Waals surface area contributed by atoms with Gasteiger partial charge in [-0.1, -0.05) is 24.3 Å². The number of benzene rings is 1. The molecule has 6 nitrogen and oxygen atoms in total. The molecule has 0 saturated carbocycles. The van der Waals surface area contributed by atoms with Gasteiger partial charge in [0.25, 0.3) is 5.91 Å². The predicted molar refractivity (Wildman–Crippen MR) is 92.7 cm³/mol. The van der Waals surface area contributed by atoms with Gasteiger partial charge in [-0.3, -0.25) is 9.59 Å². The number of rotatable bonds is 4. The van der Waals surface area contributed by atoms with Crippen molar-refractivity contribution in [3.63, 3.8) is 0 Å². The number of hydrogen-bond donors (Lipinski definition) is 1. The van der Waals surface area contributed by atoms with E-state index in [1.807, 2.05) is 35.7 Å². The van der Waals surface area contributed by atoms with Crippen molar-refractivity contribution in [2.24, 2.45) is 0 Å². The van der Waals surface area contributed by atoms with E-state index in [1.165, 1.54) is 11.3 Å². The lowest BCUT2D eigenvalue weighted by molar-refractivity contribution is -0.123. The number of thiophene rings is 1. The van der Waals surface area contributed by atoms with Gasteiger partial charge in [0.05, 0.1) is 4.88 Å². The second-order valence-corrected chi connectivity index (χ2v) is 6.66. The molecule has 128 valence electrons. The van der Waals surface area contributed by atoms with E-state index in [-0.39, 0.29) is 18.6 Å². The zero-order chi connectivity index (χ0) is 17.2. The third kappa shape index (κ3) is 3.10. The van der Waals surface area contributed by atoms with Crippen LogP contribution in [0.1, 0.15) is 15.2 Å². The molecule has 1 aromatic carbocycles. The first-order chi connectivity index (χ1) is 12.2. The standard InChI is InChI=1S/C18H16N2O4S/c21-17(19-10-12-5-6-14-15(9-12)24-11-23-14)13-3-1-7-20(13)18(22)16-4-2-8-25-16/h1-6,8-9,13H,7,10-11H2,(H,19,21)/t13-/m1/s1. The summed E-state index contributed by atoms with van der Waals surface area (Å²) in [5.41, 5.74) is 0.913. The molecule has 7 heteroatoms. The van der Waals surface area contributed by atoms with E-state index in [4.69, 9.17) is 9.47 Å². The zero-order valence-electron chi connectivity index (χ0n) is 13.3. The van der Waals surface area contributed by atoms with Crippen LogP contribution in [0.4, 0.5) is 0 Å². The van der Waals surface area contributed by atoms with Gasteiger partial charge in [-0.15, -0.1) is 11.3 Å². The Balaban J connectivity index is 1.40. The smallest absolute Gasteiger partial charge is 0.265 e. The molecule has 2 aliphatic heterocycles. The fourth-order valence-corrected chi connectivity index (χ4v) is 3.52. The molecule has 2 amide bonds. The van der Waals surface area contributed by atoms with Gasteiger partial charge in [-0.2, -0.15) is 0 Å². The lowest BCUT2D eigenvalue weighted by Crippen LogP contribution is -2.45. The Morgan fingerprint density at radius 3 is 2.96 bits per heavy atom. The van der Waals surface area contributed by atoms with E-state index in [9.17, 15) is 9.59 Å². The van der Waals surface area contributed by atoms with Crippen molar-refractivity contribution in [1.82, 2.24) is 10.2 Å². The van der Waals surface area contributed by atoms with Crippen LogP contribution >= 0.6 is 11.3 Å². The van der Waals surface area contributed by atoms with Gasteiger partial charge < -0.3 is 19.7 Å². The van der Waals surface area contributed by atoms with Gasteiger partial charge in [0.2, 0.25) is 12.7 Å². The summed E-state index contributed by atoms with van der Waals surface area (Å²) in [4.78, 5) is 27.2. The topological polar surface area (TPSA) is 67.9 Å². The number of fused-ring (bicyclic) bond motifs is 1. The quantitative estimate of drug-likeness (QED) is 0.853. The average Bonchev–Trinajstić information content (AvgIpc) is 3.39. The van der Waals surface area contributed by atoms with Crippen molar-refractivity contribution >= 4 is 23.2 Å². The molecule has 1 aromatic heterocycles. The van der Waals surface area contributed by atoms with Crippen LogP contribution in [-0.2, 0) is 11.3 Å². The number of carbonyl (C=O) groups is 2. The van der Waals surface area contributed by atoms with Crippen molar-refractivity contribution < 1.29 is 19.1 Å². The van der Waals surface area contributed by atoms with Crippen molar-refractivity contribution in [2.45, 2.75) is 12.6 Å². The second-order valence-electron chi connectivity index (χ2n) is 5.71. The highest BCUT2D eigenvalue weighted by molar-refractivity contribution is 7.12. The summed E-state index contributed by atoms with van der Waals surface area (Å²) in [5, 5.41) is 4.74. The molecule has 2 aromatic rings. The van der Waals surface area contributed by atoms with E-state index < -0.39 is 6.04 Å². The summed E-state index contributed by atoms with van der Waals surface area (Å²) in [6, 6.07) is 8.58. The maximum absolute atomic E-state index is 12.5. The number of carbonyl (C=O) groups excluding carboxylic acids is 2. The van der Waals surface area contributed by atoms with E-state index >= 15 is 0 Å².